The fourth-order valence-corrected chi connectivity index (χ4v) is 11.4. The van der Waals surface area contributed by atoms with Crippen molar-refractivity contribution in [2.75, 3.05) is 39.6 Å². The van der Waals surface area contributed by atoms with E-state index in [2.05, 4.69) is 125 Å². The average molecular weight is 1390 g/mol. The van der Waals surface area contributed by atoms with Gasteiger partial charge >= 0.3 is 39.5 Å². The SMILES string of the molecule is CC/C=C\C/C=C\C/C=C\C/C=C\C/C=C\CCCCCC(=O)OCC(COP(=O)(O)OCC(O)COP(=O)(O)OCC(COC(=O)CCCCCCC/C=C\C/C=C\CCC)OC(=O)CCCCCCC/C=C\CCCC)OC(=O)CCCCCCCCCCCCCCC. The Morgan fingerprint density at radius 1 is 0.302 bits per heavy atom. The van der Waals surface area contributed by atoms with Crippen LogP contribution < -0.4 is 0 Å². The summed E-state index contributed by atoms with van der Waals surface area (Å²) in [6.07, 6.45) is 71.2. The fourth-order valence-electron chi connectivity index (χ4n) is 9.79. The van der Waals surface area contributed by atoms with Crippen LogP contribution in [0.25, 0.3) is 0 Å². The summed E-state index contributed by atoms with van der Waals surface area (Å²) in [5, 5.41) is 10.6. The van der Waals surface area contributed by atoms with Gasteiger partial charge in [-0.25, -0.2) is 9.13 Å². The smallest absolute Gasteiger partial charge is 0.462 e. The Morgan fingerprint density at radius 2 is 0.573 bits per heavy atom. The number of hydrogen-bond donors (Lipinski definition) is 3. The number of unbranched alkanes of at least 4 members (excludes halogenated alkanes) is 28. The van der Waals surface area contributed by atoms with E-state index in [1.54, 1.807) is 0 Å². The molecule has 554 valence electrons. The topological polar surface area (TPSA) is 237 Å². The molecule has 3 N–H and O–H groups in total. The molecule has 0 saturated carbocycles. The normalized spacial score (nSPS) is 14.5. The molecule has 0 aliphatic heterocycles. The summed E-state index contributed by atoms with van der Waals surface area (Å²) in [6.45, 7) is 4.60. The lowest BCUT2D eigenvalue weighted by Crippen LogP contribution is -2.30. The van der Waals surface area contributed by atoms with Gasteiger partial charge in [-0.2, -0.15) is 0 Å². The molecular weight excluding hydrogens is 1260 g/mol. The first kappa shape index (κ1) is 92.0. The quantitative estimate of drug-likeness (QED) is 0.0169. The predicted octanol–water partition coefficient (Wildman–Crippen LogP) is 21.2. The molecule has 19 heteroatoms. The van der Waals surface area contributed by atoms with Crippen molar-refractivity contribution in [3.8, 4) is 0 Å². The number of phosphoric acid groups is 2. The van der Waals surface area contributed by atoms with E-state index in [4.69, 9.17) is 37.0 Å². The Balaban J connectivity index is 5.34. The number of allylic oxidation sites excluding steroid dienone is 16. The van der Waals surface area contributed by atoms with E-state index < -0.39 is 97.5 Å². The average Bonchev–Trinajstić information content (AvgIpc) is 1.17. The molecule has 0 saturated heterocycles. The molecule has 0 fully saturated rings. The molecule has 0 rings (SSSR count). The molecule has 0 aromatic rings. The van der Waals surface area contributed by atoms with Crippen molar-refractivity contribution in [2.45, 2.75) is 329 Å². The van der Waals surface area contributed by atoms with Gasteiger partial charge in [-0.15, -0.1) is 0 Å². The first-order valence-electron chi connectivity index (χ1n) is 37.5. The van der Waals surface area contributed by atoms with Crippen LogP contribution in [0.15, 0.2) is 97.2 Å². The maximum Gasteiger partial charge on any atom is 0.472 e. The van der Waals surface area contributed by atoms with Gasteiger partial charge in [-0.1, -0.05) is 266 Å². The number of esters is 4. The van der Waals surface area contributed by atoms with Gasteiger partial charge in [0.2, 0.25) is 0 Å². The van der Waals surface area contributed by atoms with E-state index in [1.165, 1.54) is 64.2 Å². The summed E-state index contributed by atoms with van der Waals surface area (Å²) in [6, 6.07) is 0. The minimum atomic E-state index is -4.98. The van der Waals surface area contributed by atoms with E-state index in [0.29, 0.717) is 25.7 Å². The van der Waals surface area contributed by atoms with Crippen molar-refractivity contribution in [1.29, 1.82) is 0 Å². The molecule has 0 amide bonds. The third-order valence-electron chi connectivity index (χ3n) is 15.5. The number of aliphatic hydroxyl groups excluding tert-OH is 1. The highest BCUT2D eigenvalue weighted by molar-refractivity contribution is 7.47. The molecule has 0 aromatic heterocycles. The monoisotopic (exact) mass is 1390 g/mol. The Kier molecular flexibility index (Phi) is 66.6. The van der Waals surface area contributed by atoms with Gasteiger partial charge in [0.05, 0.1) is 26.4 Å². The van der Waals surface area contributed by atoms with Gasteiger partial charge in [-0.05, 0) is 116 Å². The highest BCUT2D eigenvalue weighted by Gasteiger charge is 2.30. The zero-order chi connectivity index (χ0) is 70.4. The van der Waals surface area contributed by atoms with Crippen molar-refractivity contribution in [2.24, 2.45) is 0 Å². The lowest BCUT2D eigenvalue weighted by molar-refractivity contribution is -0.161. The summed E-state index contributed by atoms with van der Waals surface area (Å²) in [5.74, 6) is -2.22. The van der Waals surface area contributed by atoms with Crippen molar-refractivity contribution in [3.05, 3.63) is 97.2 Å². The van der Waals surface area contributed by atoms with Crippen molar-refractivity contribution in [1.82, 2.24) is 0 Å². The van der Waals surface area contributed by atoms with E-state index in [9.17, 15) is 43.2 Å². The molecule has 17 nitrogen and oxygen atoms in total. The molecular formula is C77H134O17P2. The zero-order valence-corrected chi connectivity index (χ0v) is 62.1. The van der Waals surface area contributed by atoms with E-state index in [0.717, 1.165) is 167 Å². The van der Waals surface area contributed by atoms with Crippen LogP contribution in [0.3, 0.4) is 0 Å². The number of aliphatic hydroxyl groups is 1. The Morgan fingerprint density at radius 3 is 0.927 bits per heavy atom. The van der Waals surface area contributed by atoms with Crippen LogP contribution >= 0.6 is 15.6 Å². The highest BCUT2D eigenvalue weighted by atomic mass is 31.2. The number of carbonyl (C=O) groups excluding carboxylic acids is 4. The minimum Gasteiger partial charge on any atom is -0.462 e. The zero-order valence-electron chi connectivity index (χ0n) is 60.3. The summed E-state index contributed by atoms with van der Waals surface area (Å²) in [4.78, 5) is 72.7. The van der Waals surface area contributed by atoms with Crippen LogP contribution in [0.5, 0.6) is 0 Å². The van der Waals surface area contributed by atoms with Crippen LogP contribution in [-0.2, 0) is 65.4 Å². The lowest BCUT2D eigenvalue weighted by atomic mass is 10.0. The summed E-state index contributed by atoms with van der Waals surface area (Å²) in [5.41, 5.74) is 0. The van der Waals surface area contributed by atoms with Crippen LogP contribution in [0.2, 0.25) is 0 Å². The number of ether oxygens (including phenoxy) is 4. The summed E-state index contributed by atoms with van der Waals surface area (Å²) >= 11 is 0. The Labute approximate surface area is 582 Å². The molecule has 96 heavy (non-hydrogen) atoms. The van der Waals surface area contributed by atoms with Crippen molar-refractivity contribution in [3.63, 3.8) is 0 Å². The molecule has 0 aliphatic carbocycles. The molecule has 0 aliphatic rings. The maximum absolute atomic E-state index is 13.1. The predicted molar refractivity (Wildman–Crippen MR) is 390 cm³/mol. The third kappa shape index (κ3) is 68.5. The van der Waals surface area contributed by atoms with Crippen LogP contribution in [0.1, 0.15) is 310 Å². The first-order chi connectivity index (χ1) is 46.7. The van der Waals surface area contributed by atoms with E-state index in [-0.39, 0.29) is 25.7 Å². The largest absolute Gasteiger partial charge is 0.472 e. The molecule has 0 aromatic carbocycles. The van der Waals surface area contributed by atoms with Gasteiger partial charge in [0.25, 0.3) is 0 Å². The first-order valence-corrected chi connectivity index (χ1v) is 40.5. The van der Waals surface area contributed by atoms with Crippen LogP contribution in [0.4, 0.5) is 0 Å². The van der Waals surface area contributed by atoms with Crippen molar-refractivity contribution < 1.29 is 80.2 Å². The van der Waals surface area contributed by atoms with Gasteiger partial charge in [-0.3, -0.25) is 37.3 Å². The maximum atomic E-state index is 13.1. The van der Waals surface area contributed by atoms with Gasteiger partial charge < -0.3 is 33.8 Å². The third-order valence-corrected chi connectivity index (χ3v) is 17.4. The molecule has 0 radical (unpaired) electrons. The van der Waals surface area contributed by atoms with Gasteiger partial charge in [0, 0.05) is 25.7 Å². The van der Waals surface area contributed by atoms with Gasteiger partial charge in [0.15, 0.2) is 12.2 Å². The van der Waals surface area contributed by atoms with Crippen LogP contribution in [-0.4, -0.2) is 96.7 Å². The Bertz CT molecular complexity index is 2200. The van der Waals surface area contributed by atoms with E-state index in [1.807, 2.05) is 0 Å². The minimum absolute atomic E-state index is 0.0815. The molecule has 5 unspecified atom stereocenters. The number of rotatable bonds is 70. The lowest BCUT2D eigenvalue weighted by Gasteiger charge is -2.21. The second-order valence-corrected chi connectivity index (χ2v) is 27.8. The fraction of sp³-hybridized carbons (Fsp3) is 0.740. The van der Waals surface area contributed by atoms with E-state index >= 15 is 0 Å². The van der Waals surface area contributed by atoms with Gasteiger partial charge in [0.1, 0.15) is 19.3 Å². The molecule has 0 bridgehead atoms. The Hall–Kier alpha value is -4.02. The molecule has 0 heterocycles. The van der Waals surface area contributed by atoms with Crippen molar-refractivity contribution >= 4 is 39.5 Å². The second kappa shape index (κ2) is 69.5. The number of hydrogen-bond acceptors (Lipinski definition) is 15. The highest BCUT2D eigenvalue weighted by Crippen LogP contribution is 2.45. The second-order valence-electron chi connectivity index (χ2n) is 24.9. The van der Waals surface area contributed by atoms with Crippen LogP contribution in [0, 0.1) is 0 Å². The molecule has 5 atom stereocenters. The molecule has 0 spiro atoms. The number of phosphoric ester groups is 2. The number of carbonyl (C=O) groups is 4. The summed E-state index contributed by atoms with van der Waals surface area (Å²) in [7, 11) is -9.95. The standard InChI is InChI=1S/C77H134O17P2/c1-5-9-13-17-21-25-29-32-33-34-35-36-37-40-43-46-50-54-58-62-75(80)88-68-73(94-77(82)64-60-56-52-48-44-39-31-27-23-19-15-11-7-3)70-92-96(85,86)90-66-71(78)65-89-95(83,84)91-69-72(93-76(81)63-59-55-51-47-41-28-24-20-16-12-8-4)67-87-74(79)61-57-53-49-45-42-38-30-26-22-18-14-10-6-2/h9,13-14,18,20-21,24-26,30,32-33,35-36,40,43,71-73,78H,5-8,10-12,15-17,19,22-23,27-29,31,34,37-39,41-42,44-70H2,1-4H3,(H,83,84)(H,85,86)/b13-9-,18-14-,24-20-,25-21-,30-26-,33-32-,36-35-,43-40-. The summed E-state index contributed by atoms with van der Waals surface area (Å²) < 4.78 is 68.3.